The number of pyridine rings is 1. The fraction of sp³-hybridized carbons (Fsp3) is 0.545. The van der Waals surface area contributed by atoms with Gasteiger partial charge in [-0.2, -0.15) is 0 Å². The van der Waals surface area contributed by atoms with E-state index in [1.54, 1.807) is 12.4 Å². The lowest BCUT2D eigenvalue weighted by Gasteiger charge is -2.01. The largest absolute Gasteiger partial charge is 0.394 e. The van der Waals surface area contributed by atoms with E-state index in [1.165, 1.54) is 0 Å². The van der Waals surface area contributed by atoms with E-state index in [-0.39, 0.29) is 13.2 Å². The number of ether oxygens (including phenoxy) is 2. The van der Waals surface area contributed by atoms with Crippen molar-refractivity contribution in [1.29, 1.82) is 0 Å². The maximum Gasteiger partial charge on any atom is 0.0701 e. The van der Waals surface area contributed by atoms with E-state index in [4.69, 9.17) is 19.7 Å². The molecule has 5 nitrogen and oxygen atoms in total. The SMILES string of the molecule is OCCOCCOCCO.c1ccncc1. The Hall–Kier alpha value is -1.01. The van der Waals surface area contributed by atoms with Crippen LogP contribution in [0.1, 0.15) is 0 Å². The summed E-state index contributed by atoms with van der Waals surface area (Å²) in [4.78, 5) is 3.78. The molecule has 1 rings (SSSR count). The van der Waals surface area contributed by atoms with Crippen molar-refractivity contribution >= 4 is 0 Å². The third-order valence-electron chi connectivity index (χ3n) is 1.41. The van der Waals surface area contributed by atoms with Gasteiger partial charge < -0.3 is 19.7 Å². The Labute approximate surface area is 95.7 Å². The van der Waals surface area contributed by atoms with Crippen LogP contribution in [-0.2, 0) is 9.47 Å². The predicted octanol–water partition coefficient (Wildman–Crippen LogP) is 0.0858. The highest BCUT2D eigenvalue weighted by atomic mass is 16.5. The normalized spacial score (nSPS) is 9.38. The molecule has 0 saturated heterocycles. The summed E-state index contributed by atoms with van der Waals surface area (Å²) in [7, 11) is 0. The van der Waals surface area contributed by atoms with E-state index in [0.29, 0.717) is 26.4 Å². The third-order valence-corrected chi connectivity index (χ3v) is 1.41. The van der Waals surface area contributed by atoms with Gasteiger partial charge in [-0.15, -0.1) is 0 Å². The van der Waals surface area contributed by atoms with Gasteiger partial charge in [0, 0.05) is 12.4 Å². The first-order valence-corrected chi connectivity index (χ1v) is 5.14. The second-order valence-corrected chi connectivity index (χ2v) is 2.70. The van der Waals surface area contributed by atoms with E-state index in [2.05, 4.69) is 4.98 Å². The predicted molar refractivity (Wildman–Crippen MR) is 60.0 cm³/mol. The van der Waals surface area contributed by atoms with Crippen molar-refractivity contribution in [2.75, 3.05) is 39.6 Å². The van der Waals surface area contributed by atoms with Crippen LogP contribution in [0, 0.1) is 0 Å². The van der Waals surface area contributed by atoms with Crippen molar-refractivity contribution < 1.29 is 19.7 Å². The van der Waals surface area contributed by atoms with Gasteiger partial charge in [0.1, 0.15) is 0 Å². The van der Waals surface area contributed by atoms with E-state index in [1.807, 2.05) is 18.2 Å². The Kier molecular flexibility index (Phi) is 13.1. The molecule has 2 N–H and O–H groups in total. The van der Waals surface area contributed by atoms with Gasteiger partial charge >= 0.3 is 0 Å². The zero-order valence-electron chi connectivity index (χ0n) is 9.29. The summed E-state index contributed by atoms with van der Waals surface area (Å²) in [5, 5.41) is 16.5. The Bertz CT molecular complexity index is 174. The first-order valence-electron chi connectivity index (χ1n) is 5.14. The minimum atomic E-state index is 0.0417. The molecule has 0 fully saturated rings. The lowest BCUT2D eigenvalue weighted by atomic mass is 10.5. The first kappa shape index (κ1) is 15.0. The van der Waals surface area contributed by atoms with Crippen LogP contribution in [0.4, 0.5) is 0 Å². The second kappa shape index (κ2) is 14.0. The summed E-state index contributed by atoms with van der Waals surface area (Å²) >= 11 is 0. The second-order valence-electron chi connectivity index (χ2n) is 2.70. The maximum absolute atomic E-state index is 8.26. The summed E-state index contributed by atoms with van der Waals surface area (Å²) in [6, 6.07) is 5.72. The lowest BCUT2D eigenvalue weighted by molar-refractivity contribution is 0.0222. The molecule has 5 heteroatoms. The van der Waals surface area contributed by atoms with Gasteiger partial charge in [-0.3, -0.25) is 4.98 Å². The van der Waals surface area contributed by atoms with E-state index >= 15 is 0 Å². The number of aliphatic hydroxyl groups is 2. The number of nitrogens with zero attached hydrogens (tertiary/aromatic N) is 1. The zero-order valence-corrected chi connectivity index (χ0v) is 9.29. The molecular weight excluding hydrogens is 210 g/mol. The average molecular weight is 229 g/mol. The molecule has 0 spiro atoms. The van der Waals surface area contributed by atoms with Gasteiger partial charge in [0.2, 0.25) is 0 Å². The summed E-state index contributed by atoms with van der Waals surface area (Å²) in [6.07, 6.45) is 3.50. The average Bonchev–Trinajstić information content (AvgIpc) is 2.37. The van der Waals surface area contributed by atoms with E-state index < -0.39 is 0 Å². The maximum atomic E-state index is 8.26. The number of hydrogen-bond acceptors (Lipinski definition) is 5. The van der Waals surface area contributed by atoms with Crippen molar-refractivity contribution in [2.45, 2.75) is 0 Å². The van der Waals surface area contributed by atoms with Gasteiger partial charge in [0.05, 0.1) is 39.6 Å². The first-order chi connectivity index (χ1) is 7.91. The molecule has 1 aromatic rings. The van der Waals surface area contributed by atoms with Gasteiger partial charge in [-0.1, -0.05) is 6.07 Å². The minimum Gasteiger partial charge on any atom is -0.394 e. The molecule has 0 aromatic carbocycles. The number of rotatable bonds is 7. The van der Waals surface area contributed by atoms with Crippen molar-refractivity contribution in [3.8, 4) is 0 Å². The molecule has 92 valence electrons. The number of aliphatic hydroxyl groups excluding tert-OH is 2. The van der Waals surface area contributed by atoms with Gasteiger partial charge in [0.25, 0.3) is 0 Å². The minimum absolute atomic E-state index is 0.0417. The summed E-state index contributed by atoms with van der Waals surface area (Å²) in [6.45, 7) is 1.73. The van der Waals surface area contributed by atoms with Crippen LogP contribution >= 0.6 is 0 Å². The zero-order chi connectivity index (χ0) is 11.9. The molecule has 16 heavy (non-hydrogen) atoms. The van der Waals surface area contributed by atoms with Gasteiger partial charge in [-0.25, -0.2) is 0 Å². The molecule has 0 aliphatic carbocycles. The topological polar surface area (TPSA) is 71.8 Å². The standard InChI is InChI=1S/C6H14O4.C5H5N/c7-1-3-9-5-6-10-4-2-8;1-2-4-6-5-3-1/h7-8H,1-6H2;1-5H. The van der Waals surface area contributed by atoms with Crippen molar-refractivity contribution in [3.63, 3.8) is 0 Å². The molecule has 0 saturated carbocycles. The molecule has 1 aromatic heterocycles. The van der Waals surface area contributed by atoms with E-state index in [9.17, 15) is 0 Å². The fourth-order valence-corrected chi connectivity index (χ4v) is 0.764. The van der Waals surface area contributed by atoms with Crippen molar-refractivity contribution in [1.82, 2.24) is 4.98 Å². The molecular formula is C11H19NO4. The highest BCUT2D eigenvalue weighted by molar-refractivity contribution is 4.88. The Balaban J connectivity index is 0.000000315. The Morgan fingerprint density at radius 2 is 1.25 bits per heavy atom. The molecule has 0 radical (unpaired) electrons. The fourth-order valence-electron chi connectivity index (χ4n) is 0.764. The molecule has 0 bridgehead atoms. The number of aromatic nitrogens is 1. The highest BCUT2D eigenvalue weighted by Crippen LogP contribution is 1.76. The van der Waals surface area contributed by atoms with Crippen molar-refractivity contribution in [2.24, 2.45) is 0 Å². The van der Waals surface area contributed by atoms with Crippen LogP contribution in [0.25, 0.3) is 0 Å². The number of hydrogen-bond donors (Lipinski definition) is 2. The summed E-state index contributed by atoms with van der Waals surface area (Å²) < 4.78 is 9.75. The summed E-state index contributed by atoms with van der Waals surface area (Å²) in [5.74, 6) is 0. The molecule has 0 amide bonds. The van der Waals surface area contributed by atoms with Crippen LogP contribution < -0.4 is 0 Å². The lowest BCUT2D eigenvalue weighted by Crippen LogP contribution is -2.09. The van der Waals surface area contributed by atoms with Crippen LogP contribution in [-0.4, -0.2) is 54.8 Å². The molecule has 0 aliphatic heterocycles. The van der Waals surface area contributed by atoms with Crippen LogP contribution in [0.3, 0.4) is 0 Å². The van der Waals surface area contributed by atoms with Gasteiger partial charge in [-0.05, 0) is 12.1 Å². The Morgan fingerprint density at radius 3 is 1.50 bits per heavy atom. The Morgan fingerprint density at radius 1 is 0.750 bits per heavy atom. The molecule has 0 aliphatic rings. The molecule has 0 unspecified atom stereocenters. The van der Waals surface area contributed by atoms with Crippen LogP contribution in [0.2, 0.25) is 0 Å². The quantitative estimate of drug-likeness (QED) is 0.648. The monoisotopic (exact) mass is 229 g/mol. The van der Waals surface area contributed by atoms with Crippen molar-refractivity contribution in [3.05, 3.63) is 30.6 Å². The smallest absolute Gasteiger partial charge is 0.0701 e. The third kappa shape index (κ3) is 13.0. The molecule has 0 atom stereocenters. The molecule has 1 heterocycles. The van der Waals surface area contributed by atoms with E-state index in [0.717, 1.165) is 0 Å². The van der Waals surface area contributed by atoms with Gasteiger partial charge in [0.15, 0.2) is 0 Å². The highest BCUT2D eigenvalue weighted by Gasteiger charge is 1.86. The van der Waals surface area contributed by atoms with Crippen LogP contribution in [0.15, 0.2) is 30.6 Å². The van der Waals surface area contributed by atoms with Crippen LogP contribution in [0.5, 0.6) is 0 Å². The summed E-state index contributed by atoms with van der Waals surface area (Å²) in [5.41, 5.74) is 0.